The molecule has 2 heterocycles. The van der Waals surface area contributed by atoms with Gasteiger partial charge in [-0.3, -0.25) is 0 Å². The number of methoxy groups -OCH3 is 1. The zero-order valence-corrected chi connectivity index (χ0v) is 26.1. The number of rotatable bonds is 7. The number of hydrogen-bond donors (Lipinski definition) is 0. The molecule has 228 valence electrons. The maximum Gasteiger partial charge on any atom is 0.285 e. The molecule has 0 saturated carbocycles. The number of benzene rings is 5. The zero-order valence-electron chi connectivity index (χ0n) is 25.3. The maximum absolute atomic E-state index is 14.0. The molecule has 2 aliphatic rings. The Morgan fingerprint density at radius 2 is 1.37 bits per heavy atom. The first-order chi connectivity index (χ1) is 22.4. The molecule has 0 amide bonds. The highest BCUT2D eigenvalue weighted by Crippen LogP contribution is 2.51. The van der Waals surface area contributed by atoms with Crippen molar-refractivity contribution in [2.75, 3.05) is 12.1 Å². The minimum absolute atomic E-state index is 0.00582. The van der Waals surface area contributed by atoms with E-state index in [1.807, 2.05) is 133 Å². The molecule has 8 heteroatoms. The molecule has 5 aromatic carbocycles. The van der Waals surface area contributed by atoms with Crippen LogP contribution < -0.4 is 9.75 Å². The summed E-state index contributed by atoms with van der Waals surface area (Å²) in [5, 5.41) is 7.13. The van der Waals surface area contributed by atoms with Gasteiger partial charge in [-0.05, 0) is 72.7 Å². The van der Waals surface area contributed by atoms with Crippen LogP contribution in [-0.2, 0) is 14.8 Å². The molecule has 0 radical (unpaired) electrons. The van der Waals surface area contributed by atoms with Crippen LogP contribution in [-0.4, -0.2) is 32.7 Å². The van der Waals surface area contributed by atoms with Crippen molar-refractivity contribution in [1.29, 1.82) is 0 Å². The molecule has 2 unspecified atom stereocenters. The smallest absolute Gasteiger partial charge is 0.285 e. The molecule has 2 atom stereocenters. The van der Waals surface area contributed by atoms with E-state index in [1.54, 1.807) is 31.4 Å². The quantitative estimate of drug-likeness (QED) is 0.186. The zero-order chi connectivity index (χ0) is 31.7. The Labute approximate surface area is 268 Å². The van der Waals surface area contributed by atoms with E-state index in [2.05, 4.69) is 4.40 Å². The monoisotopic (exact) mass is 625 g/mol. The van der Waals surface area contributed by atoms with Crippen molar-refractivity contribution in [3.8, 4) is 5.75 Å². The summed E-state index contributed by atoms with van der Waals surface area (Å²) >= 11 is 0. The van der Waals surface area contributed by atoms with Gasteiger partial charge in [-0.15, -0.1) is 4.40 Å². The van der Waals surface area contributed by atoms with Gasteiger partial charge in [0.25, 0.3) is 10.0 Å². The molecule has 1 spiro atoms. The summed E-state index contributed by atoms with van der Waals surface area (Å²) in [5.41, 5.74) is 3.74. The van der Waals surface area contributed by atoms with E-state index in [0.717, 1.165) is 33.7 Å². The van der Waals surface area contributed by atoms with Crippen molar-refractivity contribution < 1.29 is 17.9 Å². The van der Waals surface area contributed by atoms with Crippen LogP contribution >= 0.6 is 0 Å². The van der Waals surface area contributed by atoms with Crippen LogP contribution in [0.1, 0.15) is 28.2 Å². The second-order valence-electron chi connectivity index (χ2n) is 11.2. The van der Waals surface area contributed by atoms with Crippen molar-refractivity contribution in [3.63, 3.8) is 0 Å². The van der Waals surface area contributed by atoms with Crippen LogP contribution in [0.5, 0.6) is 5.75 Å². The average Bonchev–Trinajstić information content (AvgIpc) is 3.64. The normalized spacial score (nSPS) is 20.0. The SMILES string of the molecule is COc1ccc(C2=CC3(/C(=N/S(=O)(=O)c4ccc(C)cc4)O2)C(c2ccccc2)C(c2ccccc2)=NN3c2ccccc2)cc1. The molecule has 46 heavy (non-hydrogen) atoms. The van der Waals surface area contributed by atoms with Gasteiger partial charge in [-0.1, -0.05) is 96.6 Å². The Bertz CT molecular complexity index is 2060. The molecule has 0 N–H and O–H groups in total. The molecule has 0 saturated heterocycles. The minimum Gasteiger partial charge on any atom is -0.497 e. The summed E-state index contributed by atoms with van der Waals surface area (Å²) in [7, 11) is -2.59. The van der Waals surface area contributed by atoms with E-state index in [0.29, 0.717) is 11.5 Å². The van der Waals surface area contributed by atoms with Crippen LogP contribution in [0.3, 0.4) is 0 Å². The Kier molecular flexibility index (Phi) is 7.50. The molecule has 0 aliphatic carbocycles. The summed E-state index contributed by atoms with van der Waals surface area (Å²) in [6.45, 7) is 1.91. The number of sulfonamides is 1. The standard InChI is InChI=1S/C38H31N3O4S/c1-27-18-24-33(25-19-27)46(42,43)40-37-38(26-34(45-37)28-20-22-32(44-2)23-21-28)35(29-12-6-3-7-13-29)36(30-14-8-4-9-15-30)39-41(38)31-16-10-5-11-17-31/h3-26,35H,1-2H3/b40-37-. The highest BCUT2D eigenvalue weighted by atomic mass is 32.2. The first-order valence-corrected chi connectivity index (χ1v) is 16.3. The molecular weight excluding hydrogens is 595 g/mol. The summed E-state index contributed by atoms with van der Waals surface area (Å²) in [6, 6.07) is 43.7. The van der Waals surface area contributed by atoms with Crippen LogP contribution in [0.25, 0.3) is 5.76 Å². The minimum atomic E-state index is -4.20. The Morgan fingerprint density at radius 1 is 0.761 bits per heavy atom. The molecule has 0 fully saturated rings. The summed E-state index contributed by atoms with van der Waals surface area (Å²) in [4.78, 5) is 0.0759. The number of anilines is 1. The molecule has 0 bridgehead atoms. The topological polar surface area (TPSA) is 80.6 Å². The average molecular weight is 626 g/mol. The van der Waals surface area contributed by atoms with Gasteiger partial charge in [0.1, 0.15) is 11.5 Å². The third kappa shape index (κ3) is 5.16. The van der Waals surface area contributed by atoms with Crippen molar-refractivity contribution in [1.82, 2.24) is 0 Å². The molecule has 7 nitrogen and oxygen atoms in total. The largest absolute Gasteiger partial charge is 0.497 e. The van der Waals surface area contributed by atoms with Crippen LogP contribution in [0, 0.1) is 6.92 Å². The van der Waals surface area contributed by atoms with Crippen molar-refractivity contribution in [3.05, 3.63) is 168 Å². The van der Waals surface area contributed by atoms with E-state index >= 15 is 0 Å². The predicted molar refractivity (Wildman–Crippen MR) is 182 cm³/mol. The van der Waals surface area contributed by atoms with Gasteiger partial charge in [0.2, 0.25) is 5.90 Å². The Hall–Kier alpha value is -5.47. The van der Waals surface area contributed by atoms with Crippen LogP contribution in [0.2, 0.25) is 0 Å². The van der Waals surface area contributed by atoms with Gasteiger partial charge < -0.3 is 9.47 Å². The van der Waals surface area contributed by atoms with E-state index < -0.39 is 21.5 Å². The van der Waals surface area contributed by atoms with Gasteiger partial charge in [-0.2, -0.15) is 13.5 Å². The highest BCUT2D eigenvalue weighted by Gasteiger charge is 2.60. The van der Waals surface area contributed by atoms with Gasteiger partial charge >= 0.3 is 0 Å². The lowest BCUT2D eigenvalue weighted by molar-refractivity contribution is 0.414. The van der Waals surface area contributed by atoms with E-state index in [-0.39, 0.29) is 10.8 Å². The maximum atomic E-state index is 14.0. The van der Waals surface area contributed by atoms with Gasteiger partial charge in [0.05, 0.1) is 29.3 Å². The summed E-state index contributed by atoms with van der Waals surface area (Å²) < 4.78 is 44.6. The number of nitrogens with zero attached hydrogens (tertiary/aromatic N) is 3. The van der Waals surface area contributed by atoms with Crippen molar-refractivity contribution in [2.45, 2.75) is 23.3 Å². The first-order valence-electron chi connectivity index (χ1n) is 14.9. The number of para-hydroxylation sites is 1. The lowest BCUT2D eigenvalue weighted by Gasteiger charge is -2.36. The molecule has 5 aromatic rings. The summed E-state index contributed by atoms with van der Waals surface area (Å²) in [6.07, 6.45) is 1.96. The fourth-order valence-electron chi connectivity index (χ4n) is 6.01. The summed E-state index contributed by atoms with van der Waals surface area (Å²) in [5.74, 6) is 0.661. The van der Waals surface area contributed by atoms with E-state index in [4.69, 9.17) is 14.6 Å². The van der Waals surface area contributed by atoms with E-state index in [9.17, 15) is 8.42 Å². The molecular formula is C38H31N3O4S. The van der Waals surface area contributed by atoms with E-state index in [1.165, 1.54) is 0 Å². The number of hydrogen-bond acceptors (Lipinski definition) is 6. The van der Waals surface area contributed by atoms with Crippen LogP contribution in [0.4, 0.5) is 5.69 Å². The number of ether oxygens (including phenoxy) is 2. The Balaban J connectivity index is 1.53. The van der Waals surface area contributed by atoms with Crippen LogP contribution in [0.15, 0.2) is 160 Å². The second kappa shape index (κ2) is 11.8. The number of hydrazone groups is 1. The first kappa shape index (κ1) is 29.3. The van der Waals surface area contributed by atoms with Gasteiger partial charge in [0.15, 0.2) is 5.54 Å². The van der Waals surface area contributed by atoms with Crippen molar-refractivity contribution in [2.24, 2.45) is 9.50 Å². The fraction of sp³-hybridized carbons (Fsp3) is 0.105. The lowest BCUT2D eigenvalue weighted by Crippen LogP contribution is -2.51. The van der Waals surface area contributed by atoms with Crippen molar-refractivity contribution >= 4 is 33.1 Å². The Morgan fingerprint density at radius 3 is 2.00 bits per heavy atom. The second-order valence-corrected chi connectivity index (χ2v) is 12.8. The molecule has 7 rings (SSSR count). The molecule has 0 aromatic heterocycles. The number of aryl methyl sites for hydroxylation is 1. The molecule has 2 aliphatic heterocycles. The fourth-order valence-corrected chi connectivity index (χ4v) is 6.99. The highest BCUT2D eigenvalue weighted by molar-refractivity contribution is 7.90. The van der Waals surface area contributed by atoms with Gasteiger partial charge in [-0.25, -0.2) is 5.01 Å². The third-order valence-corrected chi connectivity index (χ3v) is 9.55. The third-order valence-electron chi connectivity index (χ3n) is 8.27. The van der Waals surface area contributed by atoms with Gasteiger partial charge in [0, 0.05) is 5.56 Å². The predicted octanol–water partition coefficient (Wildman–Crippen LogP) is 7.61. The lowest BCUT2D eigenvalue weighted by atomic mass is 9.75.